The molecule has 2 N–H and O–H groups in total. The van der Waals surface area contributed by atoms with Crippen LogP contribution in [0.2, 0.25) is 0 Å². The standard InChI is InChI=1S/C17H28N6S/c1-5-15-22-21-13-23(15)10-9-19-16(18-6-2)20-12-17(3,4)14-8-7-11-24-14/h7-8,11,13H,5-6,9-10,12H2,1-4H3,(H2,18,19,20). The first-order valence-electron chi connectivity index (χ1n) is 8.49. The fourth-order valence-corrected chi connectivity index (χ4v) is 3.24. The van der Waals surface area contributed by atoms with Crippen molar-refractivity contribution in [3.05, 3.63) is 34.5 Å². The summed E-state index contributed by atoms with van der Waals surface area (Å²) in [6, 6.07) is 4.28. The lowest BCUT2D eigenvalue weighted by Gasteiger charge is -2.22. The number of hydrogen-bond donors (Lipinski definition) is 2. The zero-order chi connectivity index (χ0) is 17.4. The number of rotatable bonds is 8. The molecule has 0 spiro atoms. The lowest BCUT2D eigenvalue weighted by atomic mass is 9.92. The van der Waals surface area contributed by atoms with E-state index in [2.05, 4.69) is 70.6 Å². The molecule has 0 unspecified atom stereocenters. The van der Waals surface area contributed by atoms with Gasteiger partial charge in [-0.05, 0) is 18.4 Å². The average Bonchev–Trinajstić information content (AvgIpc) is 3.24. The van der Waals surface area contributed by atoms with Crippen molar-refractivity contribution in [3.63, 3.8) is 0 Å². The number of aromatic nitrogens is 3. The van der Waals surface area contributed by atoms with E-state index >= 15 is 0 Å². The molecule has 0 aromatic carbocycles. The van der Waals surface area contributed by atoms with E-state index in [1.165, 1.54) is 4.88 Å². The Morgan fingerprint density at radius 1 is 1.33 bits per heavy atom. The molecule has 6 nitrogen and oxygen atoms in total. The van der Waals surface area contributed by atoms with E-state index in [0.717, 1.165) is 44.4 Å². The van der Waals surface area contributed by atoms with Crippen LogP contribution in [0.25, 0.3) is 0 Å². The number of hydrogen-bond acceptors (Lipinski definition) is 4. The molecule has 0 fully saturated rings. The molecule has 24 heavy (non-hydrogen) atoms. The summed E-state index contributed by atoms with van der Waals surface area (Å²) in [6.45, 7) is 11.8. The zero-order valence-electron chi connectivity index (χ0n) is 15.0. The molecule has 0 saturated carbocycles. The van der Waals surface area contributed by atoms with Crippen molar-refractivity contribution in [1.82, 2.24) is 25.4 Å². The van der Waals surface area contributed by atoms with Crippen molar-refractivity contribution in [2.24, 2.45) is 4.99 Å². The summed E-state index contributed by atoms with van der Waals surface area (Å²) in [4.78, 5) is 6.12. The molecule has 0 amide bonds. The van der Waals surface area contributed by atoms with Gasteiger partial charge in [0.1, 0.15) is 12.2 Å². The summed E-state index contributed by atoms with van der Waals surface area (Å²) >= 11 is 1.79. The van der Waals surface area contributed by atoms with Gasteiger partial charge in [0.15, 0.2) is 5.96 Å². The molecule has 0 aliphatic heterocycles. The maximum Gasteiger partial charge on any atom is 0.191 e. The van der Waals surface area contributed by atoms with Crippen LogP contribution in [-0.2, 0) is 18.4 Å². The summed E-state index contributed by atoms with van der Waals surface area (Å²) in [5, 5.41) is 16.9. The van der Waals surface area contributed by atoms with Gasteiger partial charge in [-0.1, -0.05) is 26.8 Å². The Bertz CT molecular complexity index is 629. The molecule has 0 saturated heterocycles. The van der Waals surface area contributed by atoms with Crippen LogP contribution in [0.4, 0.5) is 0 Å². The van der Waals surface area contributed by atoms with Crippen LogP contribution in [0.15, 0.2) is 28.8 Å². The number of nitrogens with zero attached hydrogens (tertiary/aromatic N) is 4. The minimum absolute atomic E-state index is 0.0418. The van der Waals surface area contributed by atoms with Crippen LogP contribution in [0.5, 0.6) is 0 Å². The number of nitrogens with one attached hydrogen (secondary N) is 2. The van der Waals surface area contributed by atoms with Gasteiger partial charge in [-0.3, -0.25) is 4.99 Å². The van der Waals surface area contributed by atoms with Gasteiger partial charge in [0, 0.05) is 36.3 Å². The molecule has 0 aliphatic rings. The normalized spacial score (nSPS) is 12.4. The molecule has 0 aliphatic carbocycles. The molecule has 2 rings (SSSR count). The number of aliphatic imine (C=N–C) groups is 1. The van der Waals surface area contributed by atoms with E-state index in [9.17, 15) is 0 Å². The molecule has 0 atom stereocenters. The molecule has 7 heteroatoms. The van der Waals surface area contributed by atoms with Crippen LogP contribution >= 0.6 is 11.3 Å². The first kappa shape index (κ1) is 18.4. The third-order valence-electron chi connectivity index (χ3n) is 3.82. The van der Waals surface area contributed by atoms with Gasteiger partial charge < -0.3 is 15.2 Å². The number of guanidine groups is 1. The maximum absolute atomic E-state index is 4.76. The van der Waals surface area contributed by atoms with Gasteiger partial charge in [0.2, 0.25) is 0 Å². The van der Waals surface area contributed by atoms with Gasteiger partial charge in [-0.2, -0.15) is 0 Å². The highest BCUT2D eigenvalue weighted by Crippen LogP contribution is 2.27. The van der Waals surface area contributed by atoms with Crippen LogP contribution < -0.4 is 10.6 Å². The summed E-state index contributed by atoms with van der Waals surface area (Å²) in [5.74, 6) is 1.87. The van der Waals surface area contributed by atoms with E-state index in [0.29, 0.717) is 0 Å². The topological polar surface area (TPSA) is 67.1 Å². The average molecular weight is 349 g/mol. The Morgan fingerprint density at radius 2 is 2.17 bits per heavy atom. The summed E-state index contributed by atoms with van der Waals surface area (Å²) in [5.41, 5.74) is 0.0418. The van der Waals surface area contributed by atoms with Crippen LogP contribution in [0, 0.1) is 0 Å². The van der Waals surface area contributed by atoms with E-state index in [-0.39, 0.29) is 5.41 Å². The smallest absolute Gasteiger partial charge is 0.191 e. The summed E-state index contributed by atoms with van der Waals surface area (Å²) in [6.07, 6.45) is 2.67. The minimum Gasteiger partial charge on any atom is -0.357 e. The summed E-state index contributed by atoms with van der Waals surface area (Å²) < 4.78 is 2.08. The molecule has 0 bridgehead atoms. The third kappa shape index (κ3) is 5.06. The third-order valence-corrected chi connectivity index (χ3v) is 5.06. The lowest BCUT2D eigenvalue weighted by molar-refractivity contribution is 0.547. The Labute approximate surface area is 148 Å². The quantitative estimate of drug-likeness (QED) is 0.568. The van der Waals surface area contributed by atoms with Crippen LogP contribution in [0.3, 0.4) is 0 Å². The van der Waals surface area contributed by atoms with Gasteiger partial charge in [0.05, 0.1) is 6.54 Å². The molecular formula is C17H28N6S. The van der Waals surface area contributed by atoms with Gasteiger partial charge in [-0.25, -0.2) is 0 Å². The van der Waals surface area contributed by atoms with E-state index in [1.54, 1.807) is 17.7 Å². The van der Waals surface area contributed by atoms with Crippen LogP contribution in [-0.4, -0.2) is 40.4 Å². The van der Waals surface area contributed by atoms with Crippen molar-refractivity contribution < 1.29 is 0 Å². The van der Waals surface area contributed by atoms with E-state index in [4.69, 9.17) is 4.99 Å². The zero-order valence-corrected chi connectivity index (χ0v) is 15.9. The number of aryl methyl sites for hydroxylation is 1. The van der Waals surface area contributed by atoms with Crippen molar-refractivity contribution in [2.45, 2.75) is 46.1 Å². The summed E-state index contributed by atoms with van der Waals surface area (Å²) in [7, 11) is 0. The fraction of sp³-hybridized carbons (Fsp3) is 0.588. The highest BCUT2D eigenvalue weighted by atomic mass is 32.1. The van der Waals surface area contributed by atoms with Gasteiger partial charge >= 0.3 is 0 Å². The highest BCUT2D eigenvalue weighted by molar-refractivity contribution is 7.10. The van der Waals surface area contributed by atoms with Crippen molar-refractivity contribution in [2.75, 3.05) is 19.6 Å². The second-order valence-electron chi connectivity index (χ2n) is 6.28. The first-order valence-corrected chi connectivity index (χ1v) is 9.37. The fourth-order valence-electron chi connectivity index (χ4n) is 2.39. The first-order chi connectivity index (χ1) is 11.6. The SMILES string of the molecule is CCNC(=NCC(C)(C)c1cccs1)NCCn1cnnc1CC. The molecule has 132 valence electrons. The van der Waals surface area contributed by atoms with Gasteiger partial charge in [0.25, 0.3) is 0 Å². The molecule has 0 radical (unpaired) electrons. The largest absolute Gasteiger partial charge is 0.357 e. The Balaban J connectivity index is 1.91. The molecule has 2 aromatic rings. The van der Waals surface area contributed by atoms with Crippen LogP contribution in [0.1, 0.15) is 38.4 Å². The second-order valence-corrected chi connectivity index (χ2v) is 7.22. The monoisotopic (exact) mass is 348 g/mol. The Morgan fingerprint density at radius 3 is 2.83 bits per heavy atom. The van der Waals surface area contributed by atoms with E-state index < -0.39 is 0 Å². The highest BCUT2D eigenvalue weighted by Gasteiger charge is 2.21. The van der Waals surface area contributed by atoms with Crippen molar-refractivity contribution >= 4 is 17.3 Å². The van der Waals surface area contributed by atoms with Crippen molar-refractivity contribution in [3.8, 4) is 0 Å². The van der Waals surface area contributed by atoms with Crippen molar-refractivity contribution in [1.29, 1.82) is 0 Å². The maximum atomic E-state index is 4.76. The molecule has 2 heterocycles. The second kappa shape index (κ2) is 8.82. The minimum atomic E-state index is 0.0418. The Hall–Kier alpha value is -1.89. The predicted octanol–water partition coefficient (Wildman–Crippen LogP) is 2.43. The van der Waals surface area contributed by atoms with E-state index in [1.807, 2.05) is 0 Å². The lowest BCUT2D eigenvalue weighted by Crippen LogP contribution is -2.40. The molecular weight excluding hydrogens is 320 g/mol. The number of thiophene rings is 1. The van der Waals surface area contributed by atoms with Gasteiger partial charge in [-0.15, -0.1) is 21.5 Å². The predicted molar refractivity (Wildman–Crippen MR) is 101 cm³/mol. The molecule has 2 aromatic heterocycles. The Kier molecular flexibility index (Phi) is 6.78.